The van der Waals surface area contributed by atoms with Gasteiger partial charge in [-0.1, -0.05) is 11.5 Å². The molecular weight excluding hydrogens is 289 g/mol. The predicted molar refractivity (Wildman–Crippen MR) is 87.7 cm³/mol. The Morgan fingerprint density at radius 2 is 2.04 bits per heavy atom. The fourth-order valence-corrected chi connectivity index (χ4v) is 2.58. The van der Waals surface area contributed by atoms with Crippen LogP contribution in [0.3, 0.4) is 0 Å². The van der Waals surface area contributed by atoms with E-state index in [-0.39, 0.29) is 0 Å². The largest absolute Gasteiger partial charge is 0.439 e. The standard InChI is InChI=1S/C17H14BN3O2/c18-15-5-4-14(9-13(15)11-22)23-16-6-3-12(10-19)17(20-16)21-7-1-2-8-21/h3-6,9,11H,1-2,7-8H2. The van der Waals surface area contributed by atoms with Crippen LogP contribution in [0.25, 0.3) is 0 Å². The number of aromatic nitrogens is 1. The van der Waals surface area contributed by atoms with Crippen molar-refractivity contribution in [2.45, 2.75) is 12.8 Å². The van der Waals surface area contributed by atoms with E-state index in [4.69, 9.17) is 12.6 Å². The molecule has 6 heteroatoms. The number of nitriles is 1. The van der Waals surface area contributed by atoms with Crippen molar-refractivity contribution in [3.63, 3.8) is 0 Å². The molecule has 2 heterocycles. The maximum absolute atomic E-state index is 10.9. The predicted octanol–water partition coefficient (Wildman–Crippen LogP) is 1.95. The van der Waals surface area contributed by atoms with Crippen molar-refractivity contribution in [3.05, 3.63) is 41.5 Å². The van der Waals surface area contributed by atoms with Gasteiger partial charge >= 0.3 is 0 Å². The van der Waals surface area contributed by atoms with Gasteiger partial charge in [0.05, 0.1) is 5.56 Å². The first kappa shape index (κ1) is 15.1. The number of nitrogens with zero attached hydrogens (tertiary/aromatic N) is 3. The Morgan fingerprint density at radius 1 is 1.26 bits per heavy atom. The van der Waals surface area contributed by atoms with Gasteiger partial charge in [-0.3, -0.25) is 4.79 Å². The van der Waals surface area contributed by atoms with Gasteiger partial charge in [-0.25, -0.2) is 0 Å². The summed E-state index contributed by atoms with van der Waals surface area (Å²) in [6.07, 6.45) is 2.88. The molecule has 1 aromatic carbocycles. The molecule has 0 spiro atoms. The third kappa shape index (κ3) is 3.19. The minimum absolute atomic E-state index is 0.371. The summed E-state index contributed by atoms with van der Waals surface area (Å²) in [5, 5.41) is 9.25. The van der Waals surface area contributed by atoms with Crippen molar-refractivity contribution in [3.8, 4) is 17.7 Å². The summed E-state index contributed by atoms with van der Waals surface area (Å²) in [6, 6.07) is 10.4. The second-order valence-corrected chi connectivity index (χ2v) is 5.34. The highest BCUT2D eigenvalue weighted by molar-refractivity contribution is 6.35. The molecule has 1 aliphatic rings. The molecular formula is C17H14BN3O2. The Hall–Kier alpha value is -2.81. The van der Waals surface area contributed by atoms with Crippen LogP contribution >= 0.6 is 0 Å². The van der Waals surface area contributed by atoms with Gasteiger partial charge in [0.25, 0.3) is 0 Å². The van der Waals surface area contributed by atoms with Crippen LogP contribution in [-0.4, -0.2) is 32.2 Å². The highest BCUT2D eigenvalue weighted by atomic mass is 16.5. The Labute approximate surface area is 135 Å². The molecule has 0 bridgehead atoms. The van der Waals surface area contributed by atoms with E-state index in [9.17, 15) is 10.1 Å². The number of benzene rings is 1. The number of aldehydes is 1. The van der Waals surface area contributed by atoms with E-state index in [1.807, 2.05) is 0 Å². The van der Waals surface area contributed by atoms with Crippen LogP contribution in [0.2, 0.25) is 0 Å². The lowest BCUT2D eigenvalue weighted by molar-refractivity contribution is 0.112. The molecule has 1 fully saturated rings. The van der Waals surface area contributed by atoms with Crippen LogP contribution in [-0.2, 0) is 0 Å². The lowest BCUT2D eigenvalue weighted by Crippen LogP contribution is -2.20. The molecule has 1 aromatic heterocycles. The SMILES string of the molecule is [B]c1ccc(Oc2ccc(C#N)c(N3CCCC3)n2)cc1C=O. The van der Waals surface area contributed by atoms with Crippen molar-refractivity contribution in [1.29, 1.82) is 5.26 Å². The molecule has 112 valence electrons. The highest BCUT2D eigenvalue weighted by Gasteiger charge is 2.18. The van der Waals surface area contributed by atoms with Gasteiger partial charge in [-0.05, 0) is 31.0 Å². The number of hydrogen-bond acceptors (Lipinski definition) is 5. The maximum atomic E-state index is 10.9. The van der Waals surface area contributed by atoms with Crippen LogP contribution in [0.4, 0.5) is 5.82 Å². The van der Waals surface area contributed by atoms with E-state index < -0.39 is 0 Å². The first-order valence-electron chi connectivity index (χ1n) is 7.40. The van der Waals surface area contributed by atoms with Gasteiger partial charge in [-0.15, -0.1) is 0 Å². The van der Waals surface area contributed by atoms with Gasteiger partial charge in [0.1, 0.15) is 26.0 Å². The van der Waals surface area contributed by atoms with Crippen molar-refractivity contribution >= 4 is 25.4 Å². The summed E-state index contributed by atoms with van der Waals surface area (Å²) in [5.41, 5.74) is 1.30. The molecule has 1 saturated heterocycles. The quantitative estimate of drug-likeness (QED) is 0.638. The Balaban J connectivity index is 1.90. The molecule has 2 radical (unpaired) electrons. The van der Waals surface area contributed by atoms with E-state index in [2.05, 4.69) is 16.0 Å². The second-order valence-electron chi connectivity index (χ2n) is 5.34. The Bertz CT molecular complexity index is 780. The number of ether oxygens (including phenoxy) is 1. The summed E-state index contributed by atoms with van der Waals surface area (Å²) >= 11 is 0. The summed E-state index contributed by atoms with van der Waals surface area (Å²) in [5.74, 6) is 1.51. The molecule has 0 amide bonds. The van der Waals surface area contributed by atoms with Gasteiger partial charge in [0.15, 0.2) is 5.82 Å². The molecule has 0 aliphatic carbocycles. The minimum atomic E-state index is 0.371. The zero-order valence-electron chi connectivity index (χ0n) is 12.5. The van der Waals surface area contributed by atoms with Gasteiger partial charge in [0.2, 0.25) is 5.88 Å². The third-order valence-corrected chi connectivity index (χ3v) is 3.78. The van der Waals surface area contributed by atoms with Crippen LogP contribution < -0.4 is 15.1 Å². The first-order chi connectivity index (χ1) is 11.2. The van der Waals surface area contributed by atoms with Crippen LogP contribution in [0, 0.1) is 11.3 Å². The molecule has 2 aromatic rings. The highest BCUT2D eigenvalue weighted by Crippen LogP contribution is 2.27. The number of carbonyl (C=O) groups is 1. The second kappa shape index (κ2) is 6.53. The number of hydrogen-bond donors (Lipinski definition) is 0. The molecule has 3 rings (SSSR count). The zero-order valence-corrected chi connectivity index (χ0v) is 12.5. The normalized spacial score (nSPS) is 13.6. The van der Waals surface area contributed by atoms with Crippen molar-refractivity contribution in [1.82, 2.24) is 4.98 Å². The molecule has 0 N–H and O–H groups in total. The molecule has 5 nitrogen and oxygen atoms in total. The molecule has 23 heavy (non-hydrogen) atoms. The first-order valence-corrected chi connectivity index (χ1v) is 7.40. The van der Waals surface area contributed by atoms with Gasteiger partial charge < -0.3 is 9.64 Å². The maximum Gasteiger partial charge on any atom is 0.221 e. The number of pyridine rings is 1. The Kier molecular flexibility index (Phi) is 4.29. The summed E-state index contributed by atoms with van der Waals surface area (Å²) < 4.78 is 5.71. The van der Waals surface area contributed by atoms with E-state index >= 15 is 0 Å². The monoisotopic (exact) mass is 303 g/mol. The topological polar surface area (TPSA) is 66.2 Å². The summed E-state index contributed by atoms with van der Waals surface area (Å²) in [4.78, 5) is 17.5. The van der Waals surface area contributed by atoms with E-state index in [1.165, 1.54) is 0 Å². The van der Waals surface area contributed by atoms with E-state index in [0.29, 0.717) is 40.3 Å². The minimum Gasteiger partial charge on any atom is -0.439 e. The van der Waals surface area contributed by atoms with E-state index in [0.717, 1.165) is 25.9 Å². The molecule has 1 aliphatic heterocycles. The van der Waals surface area contributed by atoms with Gasteiger partial charge in [-0.2, -0.15) is 10.2 Å². The number of anilines is 1. The van der Waals surface area contributed by atoms with Crippen molar-refractivity contribution in [2.24, 2.45) is 0 Å². The van der Waals surface area contributed by atoms with Gasteiger partial charge in [0, 0.05) is 24.7 Å². The fraction of sp³-hybridized carbons (Fsp3) is 0.235. The lowest BCUT2D eigenvalue weighted by atomic mass is 9.91. The average molecular weight is 303 g/mol. The van der Waals surface area contributed by atoms with E-state index in [1.54, 1.807) is 30.3 Å². The number of carbonyl (C=O) groups excluding carboxylic acids is 1. The number of rotatable bonds is 4. The summed E-state index contributed by atoms with van der Waals surface area (Å²) in [7, 11) is 5.69. The smallest absolute Gasteiger partial charge is 0.221 e. The van der Waals surface area contributed by atoms with Crippen molar-refractivity contribution < 1.29 is 9.53 Å². The third-order valence-electron chi connectivity index (χ3n) is 3.78. The van der Waals surface area contributed by atoms with Crippen LogP contribution in [0.5, 0.6) is 11.6 Å². The lowest BCUT2D eigenvalue weighted by Gasteiger charge is -2.18. The van der Waals surface area contributed by atoms with Crippen LogP contribution in [0.1, 0.15) is 28.8 Å². The summed E-state index contributed by atoms with van der Waals surface area (Å²) in [6.45, 7) is 1.78. The fourth-order valence-electron chi connectivity index (χ4n) is 2.58. The molecule has 0 unspecified atom stereocenters. The van der Waals surface area contributed by atoms with Crippen molar-refractivity contribution in [2.75, 3.05) is 18.0 Å². The zero-order chi connectivity index (χ0) is 16.2. The molecule has 0 saturated carbocycles. The Morgan fingerprint density at radius 3 is 2.74 bits per heavy atom. The van der Waals surface area contributed by atoms with Crippen LogP contribution in [0.15, 0.2) is 30.3 Å². The molecule has 0 atom stereocenters. The average Bonchev–Trinajstić information content (AvgIpc) is 3.11.